The van der Waals surface area contributed by atoms with Crippen LogP contribution in [0.5, 0.6) is 0 Å². The number of hydrogen-bond acceptors (Lipinski definition) is 2. The van der Waals surface area contributed by atoms with E-state index >= 15 is 0 Å². The van der Waals surface area contributed by atoms with E-state index in [0.29, 0.717) is 0 Å². The second-order valence-electron chi connectivity index (χ2n) is 9.89. The molecule has 0 spiro atoms. The standard InChI is InChI=1S/C35H30BrN3/c1-4-5-10-24(2)35-37-31(23-34(38(35)3)26-15-19-27(36)20-16-26)25-17-21-28(22-18-25)39-32-13-8-6-11-29(32)30-12-7-9-14-33(30)39/h4-23,35H,1-3H3/b5-4-,24-10+. The Hall–Kier alpha value is -4.15. The van der Waals surface area contributed by atoms with Crippen LogP contribution in [0.3, 0.4) is 0 Å². The van der Waals surface area contributed by atoms with Crippen LogP contribution < -0.4 is 0 Å². The molecule has 0 saturated carbocycles. The van der Waals surface area contributed by atoms with Crippen molar-refractivity contribution in [2.75, 3.05) is 7.05 Å². The summed E-state index contributed by atoms with van der Waals surface area (Å²) < 4.78 is 3.42. The molecule has 0 aliphatic carbocycles. The maximum absolute atomic E-state index is 5.22. The van der Waals surface area contributed by atoms with Crippen LogP contribution in [0.4, 0.5) is 0 Å². The first-order valence-corrected chi connectivity index (χ1v) is 14.0. The first-order valence-electron chi connectivity index (χ1n) is 13.2. The number of halogens is 1. The average Bonchev–Trinajstić information content (AvgIpc) is 3.31. The van der Waals surface area contributed by atoms with E-state index in [1.165, 1.54) is 32.9 Å². The SMILES string of the molecule is C/C=C\C=C(/C)C1N=C(c2ccc(-n3c4ccccc4c4ccccc43)cc2)C=C(c2ccc(Br)cc2)N1C. The van der Waals surface area contributed by atoms with E-state index in [4.69, 9.17) is 4.99 Å². The second-order valence-corrected chi connectivity index (χ2v) is 10.8. The summed E-state index contributed by atoms with van der Waals surface area (Å²) in [5, 5.41) is 2.54. The number of fused-ring (bicyclic) bond motifs is 3. The van der Waals surface area contributed by atoms with Crippen molar-refractivity contribution in [1.82, 2.24) is 9.47 Å². The Labute approximate surface area is 238 Å². The largest absolute Gasteiger partial charge is 0.349 e. The van der Waals surface area contributed by atoms with Crippen LogP contribution in [0, 0.1) is 0 Å². The van der Waals surface area contributed by atoms with Gasteiger partial charge < -0.3 is 9.47 Å². The molecule has 1 aromatic heterocycles. The fourth-order valence-corrected chi connectivity index (χ4v) is 5.67. The Balaban J connectivity index is 1.45. The van der Waals surface area contributed by atoms with Gasteiger partial charge in [0, 0.05) is 33.7 Å². The molecule has 1 aliphatic heterocycles. The summed E-state index contributed by atoms with van der Waals surface area (Å²) in [5.74, 6) is 0. The molecule has 5 aromatic rings. The predicted molar refractivity (Wildman–Crippen MR) is 170 cm³/mol. The molecule has 1 atom stereocenters. The Kier molecular flexibility index (Phi) is 6.80. The molecule has 6 rings (SSSR count). The zero-order chi connectivity index (χ0) is 26.9. The summed E-state index contributed by atoms with van der Waals surface area (Å²) in [6.07, 6.45) is 8.40. The zero-order valence-electron chi connectivity index (χ0n) is 22.3. The quantitative estimate of drug-likeness (QED) is 0.192. The van der Waals surface area contributed by atoms with Gasteiger partial charge in [0.15, 0.2) is 0 Å². The number of aliphatic imine (C=N–C) groups is 1. The van der Waals surface area contributed by atoms with E-state index in [2.05, 4.69) is 161 Å². The minimum Gasteiger partial charge on any atom is -0.349 e. The van der Waals surface area contributed by atoms with Crippen LogP contribution >= 0.6 is 15.9 Å². The molecule has 0 radical (unpaired) electrons. The Morgan fingerprint density at radius 1 is 0.795 bits per heavy atom. The number of para-hydroxylation sites is 2. The number of benzene rings is 4. The number of rotatable bonds is 5. The maximum Gasteiger partial charge on any atom is 0.143 e. The van der Waals surface area contributed by atoms with Gasteiger partial charge in [0.2, 0.25) is 0 Å². The summed E-state index contributed by atoms with van der Waals surface area (Å²) in [4.78, 5) is 7.48. The molecule has 1 aliphatic rings. The predicted octanol–water partition coefficient (Wildman–Crippen LogP) is 9.17. The van der Waals surface area contributed by atoms with Crippen molar-refractivity contribution in [3.05, 3.63) is 143 Å². The van der Waals surface area contributed by atoms with E-state index in [-0.39, 0.29) is 6.17 Å². The minimum atomic E-state index is -0.0862. The smallest absolute Gasteiger partial charge is 0.143 e. The highest BCUT2D eigenvalue weighted by atomic mass is 79.9. The van der Waals surface area contributed by atoms with Crippen LogP contribution in [0.25, 0.3) is 33.2 Å². The van der Waals surface area contributed by atoms with Gasteiger partial charge >= 0.3 is 0 Å². The molecule has 0 bridgehead atoms. The highest BCUT2D eigenvalue weighted by molar-refractivity contribution is 9.10. The number of allylic oxidation sites excluding steroid dienone is 4. The topological polar surface area (TPSA) is 20.5 Å². The van der Waals surface area contributed by atoms with Crippen LogP contribution in [-0.4, -0.2) is 28.4 Å². The van der Waals surface area contributed by atoms with Crippen molar-refractivity contribution < 1.29 is 0 Å². The summed E-state index contributed by atoms with van der Waals surface area (Å²) in [5.41, 5.74) is 9.16. The van der Waals surface area contributed by atoms with Gasteiger partial charge in [0.1, 0.15) is 6.17 Å². The van der Waals surface area contributed by atoms with Gasteiger partial charge in [-0.25, -0.2) is 0 Å². The summed E-state index contributed by atoms with van der Waals surface area (Å²) >= 11 is 3.57. The number of likely N-dealkylation sites (N-methyl/N-ethyl adjacent to an activating group) is 1. The summed E-state index contributed by atoms with van der Waals surface area (Å²) in [6.45, 7) is 4.19. The van der Waals surface area contributed by atoms with E-state index in [9.17, 15) is 0 Å². The normalized spacial score (nSPS) is 16.3. The van der Waals surface area contributed by atoms with Gasteiger partial charge in [-0.05, 0) is 73.0 Å². The average molecular weight is 573 g/mol. The fraction of sp³-hybridized carbons (Fsp3) is 0.114. The molecule has 1 unspecified atom stereocenters. The molecule has 4 aromatic carbocycles. The third-order valence-corrected chi connectivity index (χ3v) is 7.91. The fourth-order valence-electron chi connectivity index (χ4n) is 5.41. The van der Waals surface area contributed by atoms with E-state index in [1.807, 2.05) is 6.92 Å². The number of hydrogen-bond donors (Lipinski definition) is 0. The molecule has 192 valence electrons. The molecule has 0 saturated heterocycles. The van der Waals surface area contributed by atoms with E-state index in [0.717, 1.165) is 27.1 Å². The summed E-state index contributed by atoms with van der Waals surface area (Å²) in [7, 11) is 2.12. The van der Waals surface area contributed by atoms with Gasteiger partial charge in [-0.3, -0.25) is 4.99 Å². The summed E-state index contributed by atoms with van der Waals surface area (Å²) in [6, 6.07) is 34.5. The molecule has 0 amide bonds. The molecule has 0 N–H and O–H groups in total. The lowest BCUT2D eigenvalue weighted by Gasteiger charge is -2.34. The third kappa shape index (κ3) is 4.66. The van der Waals surface area contributed by atoms with Gasteiger partial charge in [-0.1, -0.05) is 94.8 Å². The van der Waals surface area contributed by atoms with Crippen LogP contribution in [0.15, 0.2) is 136 Å². The Morgan fingerprint density at radius 3 is 2.00 bits per heavy atom. The highest BCUT2D eigenvalue weighted by Crippen LogP contribution is 2.33. The second kappa shape index (κ2) is 10.5. The third-order valence-electron chi connectivity index (χ3n) is 7.38. The first-order chi connectivity index (χ1) is 19.0. The van der Waals surface area contributed by atoms with E-state index in [1.54, 1.807) is 0 Å². The van der Waals surface area contributed by atoms with E-state index < -0.39 is 0 Å². The van der Waals surface area contributed by atoms with Crippen molar-refractivity contribution in [2.24, 2.45) is 4.99 Å². The van der Waals surface area contributed by atoms with Crippen LogP contribution in [0.1, 0.15) is 25.0 Å². The lowest BCUT2D eigenvalue weighted by molar-refractivity contribution is 0.396. The van der Waals surface area contributed by atoms with Crippen molar-refractivity contribution in [3.8, 4) is 5.69 Å². The molecule has 3 nitrogen and oxygen atoms in total. The van der Waals surface area contributed by atoms with Crippen LogP contribution in [-0.2, 0) is 0 Å². The van der Waals surface area contributed by atoms with Crippen molar-refractivity contribution in [2.45, 2.75) is 20.0 Å². The monoisotopic (exact) mass is 571 g/mol. The highest BCUT2D eigenvalue weighted by Gasteiger charge is 2.25. The first kappa shape index (κ1) is 25.1. The molecular formula is C35H30BrN3. The van der Waals surface area contributed by atoms with Crippen molar-refractivity contribution in [1.29, 1.82) is 0 Å². The van der Waals surface area contributed by atoms with Gasteiger partial charge in [-0.2, -0.15) is 0 Å². The Bertz CT molecular complexity index is 1730. The molecule has 2 heterocycles. The van der Waals surface area contributed by atoms with Crippen molar-refractivity contribution >= 4 is 49.1 Å². The zero-order valence-corrected chi connectivity index (χ0v) is 23.9. The lowest BCUT2D eigenvalue weighted by atomic mass is 10.0. The van der Waals surface area contributed by atoms with Crippen molar-refractivity contribution in [3.63, 3.8) is 0 Å². The minimum absolute atomic E-state index is 0.0862. The molecular weight excluding hydrogens is 542 g/mol. The maximum atomic E-state index is 5.22. The molecule has 39 heavy (non-hydrogen) atoms. The Morgan fingerprint density at radius 2 is 1.38 bits per heavy atom. The number of aromatic nitrogens is 1. The van der Waals surface area contributed by atoms with Gasteiger partial charge in [0.05, 0.1) is 16.7 Å². The number of nitrogens with zero attached hydrogens (tertiary/aromatic N) is 3. The lowest BCUT2D eigenvalue weighted by Crippen LogP contribution is -2.34. The molecule has 4 heteroatoms. The van der Waals surface area contributed by atoms with Crippen LogP contribution in [0.2, 0.25) is 0 Å². The molecule has 0 fully saturated rings. The van der Waals surface area contributed by atoms with Gasteiger partial charge in [0.25, 0.3) is 0 Å². The van der Waals surface area contributed by atoms with Gasteiger partial charge in [-0.15, -0.1) is 0 Å².